The molecule has 25 heavy (non-hydrogen) atoms. The first-order valence-electron chi connectivity index (χ1n) is 8.42. The van der Waals surface area contributed by atoms with E-state index in [0.717, 1.165) is 42.8 Å². The van der Waals surface area contributed by atoms with E-state index in [4.69, 9.17) is 0 Å². The van der Waals surface area contributed by atoms with E-state index in [1.807, 2.05) is 29.8 Å². The fraction of sp³-hybridized carbons (Fsp3) is 0.263. The minimum atomic E-state index is -3.54. The van der Waals surface area contributed by atoms with Gasteiger partial charge in [0.05, 0.1) is 9.79 Å². The first-order valence-corrected chi connectivity index (χ1v) is 9.90. The number of anilines is 1. The average Bonchev–Trinajstić information content (AvgIpc) is 3.00. The van der Waals surface area contributed by atoms with Gasteiger partial charge in [-0.3, -0.25) is 0 Å². The van der Waals surface area contributed by atoms with Crippen molar-refractivity contribution in [3.8, 4) is 0 Å². The van der Waals surface area contributed by atoms with Gasteiger partial charge in [-0.1, -0.05) is 18.2 Å². The Bertz CT molecular complexity index is 1000. The fourth-order valence-corrected chi connectivity index (χ4v) is 4.92. The SMILES string of the molecule is Cn1cc(S(=O)(=O)c2ccccc2)c2cc(N3CCNCC3)ccc21. The largest absolute Gasteiger partial charge is 0.369 e. The number of piperazine rings is 1. The van der Waals surface area contributed by atoms with E-state index < -0.39 is 9.84 Å². The number of sulfone groups is 1. The average molecular weight is 355 g/mol. The molecule has 4 rings (SSSR count). The first-order chi connectivity index (χ1) is 12.1. The number of nitrogens with zero attached hydrogens (tertiary/aromatic N) is 2. The lowest BCUT2D eigenvalue weighted by atomic mass is 10.2. The number of benzene rings is 2. The predicted octanol–water partition coefficient (Wildman–Crippen LogP) is 2.42. The summed E-state index contributed by atoms with van der Waals surface area (Å²) < 4.78 is 28.1. The van der Waals surface area contributed by atoms with Gasteiger partial charge in [-0.05, 0) is 30.3 Å². The normalized spacial score (nSPS) is 15.6. The van der Waals surface area contributed by atoms with E-state index in [1.165, 1.54) is 0 Å². The summed E-state index contributed by atoms with van der Waals surface area (Å²) in [6.07, 6.45) is 1.72. The summed E-state index contributed by atoms with van der Waals surface area (Å²) >= 11 is 0. The monoisotopic (exact) mass is 355 g/mol. The van der Waals surface area contributed by atoms with Crippen LogP contribution >= 0.6 is 0 Å². The third-order valence-corrected chi connectivity index (χ3v) is 6.56. The van der Waals surface area contributed by atoms with Crippen molar-refractivity contribution in [3.63, 3.8) is 0 Å². The second kappa shape index (κ2) is 6.20. The van der Waals surface area contributed by atoms with Crippen LogP contribution in [0, 0.1) is 0 Å². The zero-order valence-corrected chi connectivity index (χ0v) is 15.0. The quantitative estimate of drug-likeness (QED) is 0.784. The van der Waals surface area contributed by atoms with Crippen LogP contribution < -0.4 is 10.2 Å². The molecule has 2 aromatic carbocycles. The molecule has 3 aromatic rings. The number of fused-ring (bicyclic) bond motifs is 1. The summed E-state index contributed by atoms with van der Waals surface area (Å²) in [6, 6.07) is 14.7. The molecule has 1 aromatic heterocycles. The van der Waals surface area contributed by atoms with Crippen molar-refractivity contribution in [2.45, 2.75) is 9.79 Å². The predicted molar refractivity (Wildman–Crippen MR) is 99.9 cm³/mol. The van der Waals surface area contributed by atoms with E-state index >= 15 is 0 Å². The highest BCUT2D eigenvalue weighted by Crippen LogP contribution is 2.32. The molecule has 130 valence electrons. The molecule has 0 unspecified atom stereocenters. The lowest BCUT2D eigenvalue weighted by molar-refractivity contribution is 0.589. The second-order valence-electron chi connectivity index (χ2n) is 6.36. The molecular formula is C19H21N3O2S. The van der Waals surface area contributed by atoms with Gasteiger partial charge in [0.1, 0.15) is 0 Å². The van der Waals surface area contributed by atoms with Gasteiger partial charge in [-0.25, -0.2) is 8.42 Å². The molecule has 0 bridgehead atoms. The number of nitrogens with one attached hydrogen (secondary N) is 1. The van der Waals surface area contributed by atoms with Crippen molar-refractivity contribution < 1.29 is 8.42 Å². The number of aryl methyl sites for hydroxylation is 1. The van der Waals surface area contributed by atoms with Gasteiger partial charge in [-0.2, -0.15) is 0 Å². The fourth-order valence-electron chi connectivity index (χ4n) is 3.40. The summed E-state index contributed by atoms with van der Waals surface area (Å²) in [5.74, 6) is 0. The van der Waals surface area contributed by atoms with Gasteiger partial charge in [0.15, 0.2) is 0 Å². The zero-order chi connectivity index (χ0) is 17.4. The highest BCUT2D eigenvalue weighted by Gasteiger charge is 2.23. The minimum absolute atomic E-state index is 0.329. The van der Waals surface area contributed by atoms with Crippen molar-refractivity contribution in [1.29, 1.82) is 0 Å². The van der Waals surface area contributed by atoms with Crippen LogP contribution in [-0.4, -0.2) is 39.2 Å². The van der Waals surface area contributed by atoms with Gasteiger partial charge in [0.2, 0.25) is 9.84 Å². The maximum absolute atomic E-state index is 13.1. The topological polar surface area (TPSA) is 54.3 Å². The Morgan fingerprint density at radius 2 is 1.72 bits per heavy atom. The van der Waals surface area contributed by atoms with Gasteiger partial charge >= 0.3 is 0 Å². The van der Waals surface area contributed by atoms with Crippen LogP contribution in [0.15, 0.2) is 64.5 Å². The Morgan fingerprint density at radius 3 is 2.44 bits per heavy atom. The smallest absolute Gasteiger partial charge is 0.208 e. The zero-order valence-electron chi connectivity index (χ0n) is 14.1. The highest BCUT2D eigenvalue weighted by molar-refractivity contribution is 7.91. The maximum Gasteiger partial charge on any atom is 0.208 e. The van der Waals surface area contributed by atoms with Crippen molar-refractivity contribution >= 4 is 26.4 Å². The van der Waals surface area contributed by atoms with Crippen molar-refractivity contribution in [2.24, 2.45) is 7.05 Å². The van der Waals surface area contributed by atoms with Crippen molar-refractivity contribution in [1.82, 2.24) is 9.88 Å². The molecule has 0 aliphatic carbocycles. The molecule has 1 saturated heterocycles. The molecule has 5 nitrogen and oxygen atoms in total. The lowest BCUT2D eigenvalue weighted by Gasteiger charge is -2.29. The van der Waals surface area contributed by atoms with Gasteiger partial charge < -0.3 is 14.8 Å². The summed E-state index contributed by atoms with van der Waals surface area (Å²) in [6.45, 7) is 3.75. The van der Waals surface area contributed by atoms with Crippen LogP contribution in [0.4, 0.5) is 5.69 Å². The second-order valence-corrected chi connectivity index (χ2v) is 8.28. The number of hydrogen-bond acceptors (Lipinski definition) is 4. The lowest BCUT2D eigenvalue weighted by Crippen LogP contribution is -2.43. The van der Waals surface area contributed by atoms with Crippen LogP contribution in [0.25, 0.3) is 10.9 Å². The van der Waals surface area contributed by atoms with Crippen molar-refractivity contribution in [2.75, 3.05) is 31.1 Å². The first kappa shape index (κ1) is 16.2. The molecule has 1 N–H and O–H groups in total. The third-order valence-electron chi connectivity index (χ3n) is 4.76. The summed E-state index contributed by atoms with van der Waals surface area (Å²) in [7, 11) is -1.66. The Morgan fingerprint density at radius 1 is 1.00 bits per heavy atom. The van der Waals surface area contributed by atoms with Gasteiger partial charge in [0.25, 0.3) is 0 Å². The number of rotatable bonds is 3. The third kappa shape index (κ3) is 2.81. The maximum atomic E-state index is 13.1. The van der Waals surface area contributed by atoms with E-state index in [9.17, 15) is 8.42 Å². The van der Waals surface area contributed by atoms with E-state index in [-0.39, 0.29) is 0 Å². The molecule has 0 amide bonds. The Balaban J connectivity index is 1.86. The van der Waals surface area contributed by atoms with Crippen LogP contribution in [0.3, 0.4) is 0 Å². The highest BCUT2D eigenvalue weighted by atomic mass is 32.2. The van der Waals surface area contributed by atoms with Crippen molar-refractivity contribution in [3.05, 3.63) is 54.7 Å². The summed E-state index contributed by atoms with van der Waals surface area (Å²) in [5.41, 5.74) is 2.00. The molecule has 0 radical (unpaired) electrons. The Kier molecular flexibility index (Phi) is 4.01. The van der Waals surface area contributed by atoms with E-state index in [1.54, 1.807) is 30.5 Å². The molecule has 2 heterocycles. The summed E-state index contributed by atoms with van der Waals surface area (Å²) in [4.78, 5) is 2.99. The van der Waals surface area contributed by atoms with E-state index in [2.05, 4.69) is 16.3 Å². The van der Waals surface area contributed by atoms with Crippen LogP contribution in [-0.2, 0) is 16.9 Å². The molecule has 1 aliphatic heterocycles. The summed E-state index contributed by atoms with van der Waals surface area (Å²) in [5, 5.41) is 4.12. The van der Waals surface area contributed by atoms with Crippen LogP contribution in [0.1, 0.15) is 0 Å². The molecule has 0 saturated carbocycles. The molecule has 1 aliphatic rings. The minimum Gasteiger partial charge on any atom is -0.369 e. The molecular weight excluding hydrogens is 334 g/mol. The Hall–Kier alpha value is -2.31. The molecule has 1 fully saturated rings. The molecule has 6 heteroatoms. The number of aromatic nitrogens is 1. The number of hydrogen-bond donors (Lipinski definition) is 1. The molecule has 0 spiro atoms. The standard InChI is InChI=1S/C19H21N3O2S/c1-21-14-19(25(23,24)16-5-3-2-4-6-16)17-13-15(7-8-18(17)21)22-11-9-20-10-12-22/h2-8,13-14,20H,9-12H2,1H3. The van der Waals surface area contributed by atoms with Crippen LogP contribution in [0.2, 0.25) is 0 Å². The van der Waals surface area contributed by atoms with Gasteiger partial charge in [0, 0.05) is 56.0 Å². The van der Waals surface area contributed by atoms with E-state index in [0.29, 0.717) is 9.79 Å². The van der Waals surface area contributed by atoms with Crippen LogP contribution in [0.5, 0.6) is 0 Å². The molecule has 0 atom stereocenters. The Labute approximate surface area is 147 Å². The van der Waals surface area contributed by atoms with Gasteiger partial charge in [-0.15, -0.1) is 0 Å².